The number of pyridine rings is 1. The van der Waals surface area contributed by atoms with E-state index in [1.807, 2.05) is 6.07 Å². The zero-order valence-corrected chi connectivity index (χ0v) is 8.91. The highest BCUT2D eigenvalue weighted by Crippen LogP contribution is 2.21. The van der Waals surface area contributed by atoms with Crippen LogP contribution in [0.4, 0.5) is 0 Å². The molecule has 0 aliphatic carbocycles. The van der Waals surface area contributed by atoms with E-state index >= 15 is 0 Å². The molecule has 0 radical (unpaired) electrons. The lowest BCUT2D eigenvalue weighted by atomic mass is 10.0. The molecule has 0 aliphatic heterocycles. The summed E-state index contributed by atoms with van der Waals surface area (Å²) in [5.74, 6) is 0.500. The van der Waals surface area contributed by atoms with Gasteiger partial charge >= 0.3 is 0 Å². The molecule has 1 heterocycles. The second kappa shape index (κ2) is 3.41. The minimum atomic E-state index is 0.500. The van der Waals surface area contributed by atoms with Gasteiger partial charge in [0.05, 0.1) is 5.52 Å². The average molecular weight is 185 g/mol. The zero-order chi connectivity index (χ0) is 10.1. The van der Waals surface area contributed by atoms with Gasteiger partial charge in [-0.2, -0.15) is 0 Å². The molecule has 2 aromatic rings. The van der Waals surface area contributed by atoms with Crippen LogP contribution < -0.4 is 0 Å². The molecule has 0 N–H and O–H groups in total. The van der Waals surface area contributed by atoms with Crippen LogP contribution in [0.2, 0.25) is 0 Å². The number of nitrogens with zero attached hydrogens (tertiary/aromatic N) is 1. The molecule has 0 fully saturated rings. The first-order valence-electron chi connectivity index (χ1n) is 5.05. The zero-order valence-electron chi connectivity index (χ0n) is 8.91. The fourth-order valence-electron chi connectivity index (χ4n) is 1.82. The molecule has 1 aromatic heterocycles. The van der Waals surface area contributed by atoms with Crippen molar-refractivity contribution < 1.29 is 0 Å². The summed E-state index contributed by atoms with van der Waals surface area (Å²) in [6.07, 6.45) is 0. The Balaban J connectivity index is 2.71. The third-order valence-electron chi connectivity index (χ3n) is 2.50. The molecular weight excluding hydrogens is 170 g/mol. The third kappa shape index (κ3) is 1.50. The maximum absolute atomic E-state index is 4.67. The summed E-state index contributed by atoms with van der Waals surface area (Å²) in [6, 6.07) is 10.5. The molecule has 1 heteroatoms. The number of rotatable bonds is 1. The van der Waals surface area contributed by atoms with Crippen LogP contribution >= 0.6 is 0 Å². The van der Waals surface area contributed by atoms with E-state index in [0.717, 1.165) is 5.52 Å². The Labute approximate surface area is 84.8 Å². The van der Waals surface area contributed by atoms with Gasteiger partial charge in [0.15, 0.2) is 0 Å². The highest BCUT2D eigenvalue weighted by molar-refractivity contribution is 5.79. The van der Waals surface area contributed by atoms with Crippen LogP contribution in [0.25, 0.3) is 10.9 Å². The molecule has 0 bridgehead atoms. The van der Waals surface area contributed by atoms with Gasteiger partial charge in [-0.3, -0.25) is 4.98 Å². The first-order valence-corrected chi connectivity index (χ1v) is 5.05. The van der Waals surface area contributed by atoms with E-state index in [0.29, 0.717) is 5.92 Å². The first-order chi connectivity index (χ1) is 6.68. The standard InChI is InChI=1S/C13H15N/c1-9(2)13-10(3)8-11-6-4-5-7-12(11)14-13/h4-9H,1-3H3. The van der Waals surface area contributed by atoms with E-state index in [2.05, 4.69) is 50.0 Å². The normalized spacial score (nSPS) is 11.1. The van der Waals surface area contributed by atoms with Crippen molar-refractivity contribution >= 4 is 10.9 Å². The second-order valence-electron chi connectivity index (χ2n) is 4.04. The second-order valence-corrected chi connectivity index (χ2v) is 4.04. The molecular formula is C13H15N. The first kappa shape index (κ1) is 9.20. The highest BCUT2D eigenvalue weighted by atomic mass is 14.7. The van der Waals surface area contributed by atoms with E-state index < -0.39 is 0 Å². The highest BCUT2D eigenvalue weighted by Gasteiger charge is 2.06. The van der Waals surface area contributed by atoms with Crippen molar-refractivity contribution in [3.63, 3.8) is 0 Å². The molecule has 0 saturated heterocycles. The predicted molar refractivity (Wildman–Crippen MR) is 60.6 cm³/mol. The molecule has 0 unspecified atom stereocenters. The van der Waals surface area contributed by atoms with Crippen LogP contribution in [0.3, 0.4) is 0 Å². The van der Waals surface area contributed by atoms with Crippen molar-refractivity contribution in [2.75, 3.05) is 0 Å². The number of hydrogen-bond acceptors (Lipinski definition) is 1. The summed E-state index contributed by atoms with van der Waals surface area (Å²) in [6.45, 7) is 6.50. The molecule has 1 aromatic carbocycles. The monoisotopic (exact) mass is 185 g/mol. The maximum Gasteiger partial charge on any atom is 0.0705 e. The molecule has 0 atom stereocenters. The Morgan fingerprint density at radius 3 is 2.57 bits per heavy atom. The number of fused-ring (bicyclic) bond motifs is 1. The Bertz CT molecular complexity index is 458. The number of aromatic nitrogens is 1. The lowest BCUT2D eigenvalue weighted by Gasteiger charge is -2.09. The van der Waals surface area contributed by atoms with Crippen LogP contribution in [0, 0.1) is 6.92 Å². The maximum atomic E-state index is 4.67. The van der Waals surface area contributed by atoms with Crippen LogP contribution in [0.15, 0.2) is 30.3 Å². The molecule has 0 amide bonds. The summed E-state index contributed by atoms with van der Waals surface area (Å²) < 4.78 is 0. The van der Waals surface area contributed by atoms with Crippen molar-refractivity contribution in [3.8, 4) is 0 Å². The van der Waals surface area contributed by atoms with Gasteiger partial charge in [0, 0.05) is 11.1 Å². The van der Waals surface area contributed by atoms with Crippen molar-refractivity contribution in [1.82, 2.24) is 4.98 Å². The summed E-state index contributed by atoms with van der Waals surface area (Å²) in [4.78, 5) is 4.67. The number of hydrogen-bond donors (Lipinski definition) is 0. The summed E-state index contributed by atoms with van der Waals surface area (Å²) in [5, 5.41) is 1.23. The van der Waals surface area contributed by atoms with E-state index in [9.17, 15) is 0 Å². The lowest BCUT2D eigenvalue weighted by molar-refractivity contribution is 0.819. The van der Waals surface area contributed by atoms with Gasteiger partial charge in [0.2, 0.25) is 0 Å². The minimum Gasteiger partial charge on any atom is -0.252 e. The average Bonchev–Trinajstić information content (AvgIpc) is 2.16. The Morgan fingerprint density at radius 2 is 1.86 bits per heavy atom. The van der Waals surface area contributed by atoms with E-state index in [-0.39, 0.29) is 0 Å². The fourth-order valence-corrected chi connectivity index (χ4v) is 1.82. The van der Waals surface area contributed by atoms with Gasteiger partial charge in [-0.1, -0.05) is 32.0 Å². The van der Waals surface area contributed by atoms with Crippen molar-refractivity contribution in [3.05, 3.63) is 41.6 Å². The van der Waals surface area contributed by atoms with Gasteiger partial charge in [-0.25, -0.2) is 0 Å². The predicted octanol–water partition coefficient (Wildman–Crippen LogP) is 3.67. The molecule has 2 rings (SSSR count). The molecule has 1 nitrogen and oxygen atoms in total. The Hall–Kier alpha value is -1.37. The van der Waals surface area contributed by atoms with Crippen LogP contribution in [0.5, 0.6) is 0 Å². The summed E-state index contributed by atoms with van der Waals surface area (Å²) in [7, 11) is 0. The Kier molecular flexibility index (Phi) is 2.24. The number of para-hydroxylation sites is 1. The molecule has 14 heavy (non-hydrogen) atoms. The smallest absolute Gasteiger partial charge is 0.0705 e. The number of benzene rings is 1. The third-order valence-corrected chi connectivity index (χ3v) is 2.50. The van der Waals surface area contributed by atoms with Gasteiger partial charge in [0.25, 0.3) is 0 Å². The van der Waals surface area contributed by atoms with E-state index in [4.69, 9.17) is 0 Å². The SMILES string of the molecule is Cc1cc2ccccc2nc1C(C)C. The molecule has 0 aliphatic rings. The van der Waals surface area contributed by atoms with E-state index in [1.165, 1.54) is 16.6 Å². The molecule has 0 spiro atoms. The topological polar surface area (TPSA) is 12.9 Å². The minimum absolute atomic E-state index is 0.500. The summed E-state index contributed by atoms with van der Waals surface area (Å²) in [5.41, 5.74) is 3.60. The lowest BCUT2D eigenvalue weighted by Crippen LogP contribution is -1.96. The quantitative estimate of drug-likeness (QED) is 0.660. The molecule has 72 valence electrons. The fraction of sp³-hybridized carbons (Fsp3) is 0.308. The van der Waals surface area contributed by atoms with Crippen molar-refractivity contribution in [2.45, 2.75) is 26.7 Å². The van der Waals surface area contributed by atoms with Crippen LogP contribution in [0.1, 0.15) is 31.0 Å². The summed E-state index contributed by atoms with van der Waals surface area (Å²) >= 11 is 0. The van der Waals surface area contributed by atoms with Crippen LogP contribution in [-0.4, -0.2) is 4.98 Å². The van der Waals surface area contributed by atoms with Crippen molar-refractivity contribution in [1.29, 1.82) is 0 Å². The number of aryl methyl sites for hydroxylation is 1. The van der Waals surface area contributed by atoms with Gasteiger partial charge in [0.1, 0.15) is 0 Å². The van der Waals surface area contributed by atoms with Gasteiger partial charge in [-0.05, 0) is 30.5 Å². The largest absolute Gasteiger partial charge is 0.252 e. The van der Waals surface area contributed by atoms with Gasteiger partial charge < -0.3 is 0 Å². The van der Waals surface area contributed by atoms with Crippen molar-refractivity contribution in [2.24, 2.45) is 0 Å². The van der Waals surface area contributed by atoms with Crippen LogP contribution in [-0.2, 0) is 0 Å². The van der Waals surface area contributed by atoms with E-state index in [1.54, 1.807) is 0 Å². The van der Waals surface area contributed by atoms with Gasteiger partial charge in [-0.15, -0.1) is 0 Å². The Morgan fingerprint density at radius 1 is 1.14 bits per heavy atom. The molecule has 0 saturated carbocycles.